The van der Waals surface area contributed by atoms with Gasteiger partial charge in [-0.2, -0.15) is 0 Å². The Balaban J connectivity index is 1.65. The summed E-state index contributed by atoms with van der Waals surface area (Å²) < 4.78 is 6.87. The van der Waals surface area contributed by atoms with E-state index in [1.807, 2.05) is 25.1 Å². The molecule has 5 nitrogen and oxygen atoms in total. The number of halogens is 1. The SMILES string of the molecule is Cc1ccc2c(c1)N(C)C(=O)c1cc(NC(=O)c3ccc(Br)cc3)ccc1O2. The first-order valence-corrected chi connectivity index (χ1v) is 9.49. The number of rotatable bonds is 2. The third-order valence-electron chi connectivity index (χ3n) is 4.57. The van der Waals surface area contributed by atoms with Crippen molar-refractivity contribution in [3.63, 3.8) is 0 Å². The van der Waals surface area contributed by atoms with Crippen LogP contribution in [-0.4, -0.2) is 18.9 Å². The summed E-state index contributed by atoms with van der Waals surface area (Å²) in [6.45, 7) is 1.96. The van der Waals surface area contributed by atoms with Crippen LogP contribution in [0.5, 0.6) is 11.5 Å². The second-order valence-corrected chi connectivity index (χ2v) is 7.53. The van der Waals surface area contributed by atoms with Gasteiger partial charge in [-0.05, 0) is 67.1 Å². The molecule has 3 aromatic rings. The fourth-order valence-corrected chi connectivity index (χ4v) is 3.32. The van der Waals surface area contributed by atoms with Crippen LogP contribution in [-0.2, 0) is 0 Å². The van der Waals surface area contributed by atoms with E-state index >= 15 is 0 Å². The summed E-state index contributed by atoms with van der Waals surface area (Å²) in [7, 11) is 1.71. The van der Waals surface area contributed by atoms with Crippen molar-refractivity contribution in [1.82, 2.24) is 0 Å². The number of nitrogens with zero attached hydrogens (tertiary/aromatic N) is 1. The molecular weight excluding hydrogens is 420 g/mol. The highest BCUT2D eigenvalue weighted by Crippen LogP contribution is 2.39. The number of fused-ring (bicyclic) bond motifs is 2. The van der Waals surface area contributed by atoms with E-state index < -0.39 is 0 Å². The second-order valence-electron chi connectivity index (χ2n) is 6.61. The topological polar surface area (TPSA) is 58.6 Å². The lowest BCUT2D eigenvalue weighted by atomic mass is 10.1. The molecule has 4 rings (SSSR count). The molecule has 140 valence electrons. The first kappa shape index (κ1) is 18.3. The lowest BCUT2D eigenvalue weighted by Gasteiger charge is -2.16. The number of aryl methyl sites for hydroxylation is 1. The van der Waals surface area contributed by atoms with Crippen molar-refractivity contribution in [3.05, 3.63) is 81.8 Å². The van der Waals surface area contributed by atoms with Crippen LogP contribution in [0, 0.1) is 6.92 Å². The minimum absolute atomic E-state index is 0.195. The Bertz CT molecular complexity index is 1090. The van der Waals surface area contributed by atoms with Crippen molar-refractivity contribution in [2.75, 3.05) is 17.3 Å². The predicted molar refractivity (Wildman–Crippen MR) is 113 cm³/mol. The second kappa shape index (κ2) is 7.13. The molecule has 0 saturated carbocycles. The minimum atomic E-state index is -0.248. The van der Waals surface area contributed by atoms with Crippen LogP contribution in [0.2, 0.25) is 0 Å². The van der Waals surface area contributed by atoms with Crippen LogP contribution in [0.15, 0.2) is 65.1 Å². The third kappa shape index (κ3) is 3.39. The maximum atomic E-state index is 13.0. The molecule has 2 amide bonds. The van der Waals surface area contributed by atoms with Gasteiger partial charge in [0, 0.05) is 22.8 Å². The molecule has 1 aliphatic rings. The van der Waals surface area contributed by atoms with Gasteiger partial charge < -0.3 is 15.0 Å². The average molecular weight is 437 g/mol. The number of anilines is 2. The average Bonchev–Trinajstić information content (AvgIpc) is 2.78. The number of carbonyl (C=O) groups excluding carboxylic acids is 2. The monoisotopic (exact) mass is 436 g/mol. The first-order valence-electron chi connectivity index (χ1n) is 8.70. The third-order valence-corrected chi connectivity index (χ3v) is 5.10. The Labute approximate surface area is 171 Å². The first-order chi connectivity index (χ1) is 13.4. The largest absolute Gasteiger partial charge is 0.454 e. The highest BCUT2D eigenvalue weighted by molar-refractivity contribution is 9.10. The van der Waals surface area contributed by atoms with Crippen molar-refractivity contribution >= 4 is 39.1 Å². The van der Waals surface area contributed by atoms with Crippen LogP contribution < -0.4 is 15.0 Å². The van der Waals surface area contributed by atoms with Gasteiger partial charge in [0.2, 0.25) is 0 Å². The molecule has 1 N–H and O–H groups in total. The summed E-state index contributed by atoms with van der Waals surface area (Å²) in [6.07, 6.45) is 0. The molecule has 1 heterocycles. The maximum absolute atomic E-state index is 13.0. The fraction of sp³-hybridized carbons (Fsp3) is 0.0909. The van der Waals surface area contributed by atoms with Gasteiger partial charge in [-0.1, -0.05) is 22.0 Å². The highest BCUT2D eigenvalue weighted by Gasteiger charge is 2.26. The molecule has 0 spiro atoms. The van der Waals surface area contributed by atoms with Gasteiger partial charge >= 0.3 is 0 Å². The van der Waals surface area contributed by atoms with E-state index in [1.54, 1.807) is 54.4 Å². The van der Waals surface area contributed by atoms with Crippen molar-refractivity contribution in [1.29, 1.82) is 0 Å². The predicted octanol–water partition coefficient (Wildman–Crippen LogP) is 5.39. The standard InChI is InChI=1S/C22H17BrN2O3/c1-13-3-9-20-18(11-13)25(2)22(27)17-12-16(8-10-19(17)28-20)24-21(26)14-4-6-15(23)7-5-14/h3-12H,1-2H3,(H,24,26). The number of nitrogens with one attached hydrogen (secondary N) is 1. The molecule has 0 saturated heterocycles. The van der Waals surface area contributed by atoms with E-state index in [1.165, 1.54) is 0 Å². The molecule has 0 atom stereocenters. The van der Waals surface area contributed by atoms with E-state index in [9.17, 15) is 9.59 Å². The zero-order valence-corrected chi connectivity index (χ0v) is 16.9. The van der Waals surface area contributed by atoms with Crippen LogP contribution in [0.3, 0.4) is 0 Å². The lowest BCUT2D eigenvalue weighted by molar-refractivity contribution is 0.0990. The normalized spacial score (nSPS) is 12.5. The summed E-state index contributed by atoms with van der Waals surface area (Å²) in [5.41, 5.74) is 3.20. The van der Waals surface area contributed by atoms with Crippen molar-refractivity contribution in [3.8, 4) is 11.5 Å². The van der Waals surface area contributed by atoms with E-state index in [2.05, 4.69) is 21.2 Å². The zero-order chi connectivity index (χ0) is 19.8. The van der Waals surface area contributed by atoms with Gasteiger partial charge in [0.15, 0.2) is 5.75 Å². The molecule has 0 unspecified atom stereocenters. The Morgan fingerprint density at radius 2 is 1.71 bits per heavy atom. The van der Waals surface area contributed by atoms with Crippen LogP contribution in [0.4, 0.5) is 11.4 Å². The van der Waals surface area contributed by atoms with Gasteiger partial charge in [0.05, 0.1) is 11.3 Å². The molecule has 0 bridgehead atoms. The highest BCUT2D eigenvalue weighted by atomic mass is 79.9. The van der Waals surface area contributed by atoms with Gasteiger partial charge in [0.25, 0.3) is 11.8 Å². The van der Waals surface area contributed by atoms with Crippen molar-refractivity contribution in [2.24, 2.45) is 0 Å². The molecule has 0 fully saturated rings. The molecular formula is C22H17BrN2O3. The van der Waals surface area contributed by atoms with Crippen molar-refractivity contribution < 1.29 is 14.3 Å². The van der Waals surface area contributed by atoms with Crippen LogP contribution in [0.25, 0.3) is 0 Å². The molecule has 28 heavy (non-hydrogen) atoms. The zero-order valence-electron chi connectivity index (χ0n) is 15.3. The maximum Gasteiger partial charge on any atom is 0.261 e. The van der Waals surface area contributed by atoms with Gasteiger partial charge in [-0.3, -0.25) is 9.59 Å². The van der Waals surface area contributed by atoms with Crippen LogP contribution >= 0.6 is 15.9 Å². The summed E-state index contributed by atoms with van der Waals surface area (Å²) >= 11 is 3.35. The molecule has 0 aromatic heterocycles. The number of amides is 2. The van der Waals surface area contributed by atoms with Crippen molar-refractivity contribution in [2.45, 2.75) is 6.92 Å². The smallest absolute Gasteiger partial charge is 0.261 e. The summed E-state index contributed by atoms with van der Waals surface area (Å²) in [5, 5.41) is 2.83. The Morgan fingerprint density at radius 3 is 2.46 bits per heavy atom. The van der Waals surface area contributed by atoms with E-state index in [-0.39, 0.29) is 11.8 Å². The summed E-state index contributed by atoms with van der Waals surface area (Å²) in [4.78, 5) is 27.0. The molecule has 0 radical (unpaired) electrons. The van der Waals surface area contributed by atoms with Gasteiger partial charge in [-0.25, -0.2) is 0 Å². The van der Waals surface area contributed by atoms with E-state index in [0.717, 1.165) is 10.0 Å². The summed E-state index contributed by atoms with van der Waals surface area (Å²) in [5.74, 6) is 0.633. The quantitative estimate of drug-likeness (QED) is 0.585. The minimum Gasteiger partial charge on any atom is -0.454 e. The number of carbonyl (C=O) groups is 2. The molecule has 0 aliphatic carbocycles. The summed E-state index contributed by atoms with van der Waals surface area (Å²) in [6, 6.07) is 17.8. The number of ether oxygens (including phenoxy) is 1. The number of hydrogen-bond donors (Lipinski definition) is 1. The molecule has 6 heteroatoms. The number of hydrogen-bond acceptors (Lipinski definition) is 3. The molecule has 3 aromatic carbocycles. The molecule has 1 aliphatic heterocycles. The van der Waals surface area contributed by atoms with Gasteiger partial charge in [0.1, 0.15) is 5.75 Å². The van der Waals surface area contributed by atoms with E-state index in [4.69, 9.17) is 4.74 Å². The Kier molecular flexibility index (Phi) is 4.65. The fourth-order valence-electron chi connectivity index (χ4n) is 3.05. The van der Waals surface area contributed by atoms with Gasteiger partial charge in [-0.15, -0.1) is 0 Å². The lowest BCUT2D eigenvalue weighted by Crippen LogP contribution is -2.25. The van der Waals surface area contributed by atoms with E-state index in [0.29, 0.717) is 34.0 Å². The Hall–Kier alpha value is -3.12. The Morgan fingerprint density at radius 1 is 1.00 bits per heavy atom. The number of benzene rings is 3. The van der Waals surface area contributed by atoms with Crippen LogP contribution in [0.1, 0.15) is 26.3 Å².